The number of nitrogens with zero attached hydrogens (tertiary/aromatic N) is 4. The fourth-order valence-corrected chi connectivity index (χ4v) is 3.55. The van der Waals surface area contributed by atoms with Crippen LogP contribution in [0.1, 0.15) is 34.7 Å². The SMILES string of the molecule is Cc1nc([C@@H]2C[C@H]3CN(C(=O)c4cscn4)C[C@H]3O2)no1. The Morgan fingerprint density at radius 3 is 3.05 bits per heavy atom. The van der Waals surface area contributed by atoms with Crippen LogP contribution in [0.4, 0.5) is 0 Å². The Balaban J connectivity index is 1.43. The number of thiazole rings is 1. The van der Waals surface area contributed by atoms with Crippen LogP contribution < -0.4 is 0 Å². The topological polar surface area (TPSA) is 81.4 Å². The lowest BCUT2D eigenvalue weighted by Crippen LogP contribution is -2.31. The van der Waals surface area contributed by atoms with Gasteiger partial charge in [-0.3, -0.25) is 4.79 Å². The van der Waals surface area contributed by atoms with Gasteiger partial charge in [0.15, 0.2) is 0 Å². The molecule has 2 aliphatic rings. The van der Waals surface area contributed by atoms with Crippen LogP contribution in [0.15, 0.2) is 15.4 Å². The van der Waals surface area contributed by atoms with Gasteiger partial charge in [0.2, 0.25) is 11.7 Å². The van der Waals surface area contributed by atoms with Crippen molar-refractivity contribution in [1.29, 1.82) is 0 Å². The van der Waals surface area contributed by atoms with Gasteiger partial charge in [-0.1, -0.05) is 5.16 Å². The maximum absolute atomic E-state index is 12.3. The summed E-state index contributed by atoms with van der Waals surface area (Å²) in [6.07, 6.45) is 0.759. The summed E-state index contributed by atoms with van der Waals surface area (Å²) in [5.74, 6) is 1.47. The molecule has 2 aromatic rings. The van der Waals surface area contributed by atoms with E-state index in [1.54, 1.807) is 17.8 Å². The number of ether oxygens (including phenoxy) is 1. The molecule has 1 amide bonds. The van der Waals surface area contributed by atoms with Gasteiger partial charge in [-0.05, 0) is 6.42 Å². The van der Waals surface area contributed by atoms with Crippen LogP contribution in [0.2, 0.25) is 0 Å². The highest BCUT2D eigenvalue weighted by Gasteiger charge is 2.45. The zero-order valence-corrected chi connectivity index (χ0v) is 12.2. The van der Waals surface area contributed by atoms with E-state index in [1.807, 2.05) is 4.90 Å². The van der Waals surface area contributed by atoms with Gasteiger partial charge in [0, 0.05) is 31.3 Å². The molecule has 0 saturated carbocycles. The van der Waals surface area contributed by atoms with Crippen LogP contribution in [0, 0.1) is 12.8 Å². The monoisotopic (exact) mass is 306 g/mol. The van der Waals surface area contributed by atoms with Crippen LogP contribution in [-0.2, 0) is 4.74 Å². The number of amides is 1. The Kier molecular flexibility index (Phi) is 3.00. The summed E-state index contributed by atoms with van der Waals surface area (Å²) in [7, 11) is 0. The molecule has 0 spiro atoms. The molecule has 2 saturated heterocycles. The summed E-state index contributed by atoms with van der Waals surface area (Å²) >= 11 is 1.43. The maximum Gasteiger partial charge on any atom is 0.273 e. The maximum atomic E-state index is 12.3. The van der Waals surface area contributed by atoms with Gasteiger partial charge in [0.05, 0.1) is 11.6 Å². The van der Waals surface area contributed by atoms with Gasteiger partial charge < -0.3 is 14.2 Å². The summed E-state index contributed by atoms with van der Waals surface area (Å²) in [5.41, 5.74) is 2.19. The van der Waals surface area contributed by atoms with E-state index in [0.29, 0.717) is 36.4 Å². The quantitative estimate of drug-likeness (QED) is 0.835. The van der Waals surface area contributed by atoms with E-state index >= 15 is 0 Å². The lowest BCUT2D eigenvalue weighted by atomic mass is 10.0. The van der Waals surface area contributed by atoms with Crippen LogP contribution >= 0.6 is 11.3 Å². The van der Waals surface area contributed by atoms with Crippen molar-refractivity contribution in [2.24, 2.45) is 5.92 Å². The Hall–Kier alpha value is -1.80. The van der Waals surface area contributed by atoms with E-state index in [2.05, 4.69) is 15.1 Å². The van der Waals surface area contributed by atoms with E-state index in [-0.39, 0.29) is 18.1 Å². The summed E-state index contributed by atoms with van der Waals surface area (Å²) in [4.78, 5) is 22.4. The van der Waals surface area contributed by atoms with Crippen LogP contribution in [-0.4, -0.2) is 45.1 Å². The predicted octanol–water partition coefficient (Wildman–Crippen LogP) is 1.44. The molecule has 8 heteroatoms. The highest BCUT2D eigenvalue weighted by molar-refractivity contribution is 7.07. The number of hydrogen-bond donors (Lipinski definition) is 0. The first-order valence-electron chi connectivity index (χ1n) is 6.84. The minimum absolute atomic E-state index is 0.0128. The first kappa shape index (κ1) is 12.9. The second-order valence-corrected chi connectivity index (χ2v) is 6.13. The van der Waals surface area contributed by atoms with Crippen molar-refractivity contribution >= 4 is 17.2 Å². The third-order valence-electron chi connectivity index (χ3n) is 4.01. The van der Waals surface area contributed by atoms with Crippen molar-refractivity contribution in [2.75, 3.05) is 13.1 Å². The summed E-state index contributed by atoms with van der Waals surface area (Å²) < 4.78 is 11.0. The smallest absolute Gasteiger partial charge is 0.273 e. The fraction of sp³-hybridized carbons (Fsp3) is 0.538. The molecule has 2 fully saturated rings. The van der Waals surface area contributed by atoms with Crippen molar-refractivity contribution in [2.45, 2.75) is 25.6 Å². The molecule has 4 rings (SSSR count). The van der Waals surface area contributed by atoms with Crippen LogP contribution in [0.3, 0.4) is 0 Å². The number of carbonyl (C=O) groups excluding carboxylic acids is 1. The molecular formula is C13H14N4O3S. The van der Waals surface area contributed by atoms with E-state index in [0.717, 1.165) is 6.42 Å². The molecule has 0 aromatic carbocycles. The third kappa shape index (κ3) is 2.24. The number of rotatable bonds is 2. The number of aryl methyl sites for hydroxylation is 1. The third-order valence-corrected chi connectivity index (χ3v) is 4.59. The lowest BCUT2D eigenvalue weighted by Gasteiger charge is -2.17. The van der Waals surface area contributed by atoms with Gasteiger partial charge in [-0.15, -0.1) is 11.3 Å². The van der Waals surface area contributed by atoms with E-state index in [4.69, 9.17) is 9.26 Å². The molecule has 3 atom stereocenters. The van der Waals surface area contributed by atoms with Crippen LogP contribution in [0.5, 0.6) is 0 Å². The molecule has 2 aromatic heterocycles. The average Bonchev–Trinajstić information content (AvgIpc) is 3.20. The van der Waals surface area contributed by atoms with Crippen molar-refractivity contribution in [3.8, 4) is 0 Å². The summed E-state index contributed by atoms with van der Waals surface area (Å²) in [5, 5.41) is 5.70. The van der Waals surface area contributed by atoms with Gasteiger partial charge in [-0.25, -0.2) is 4.98 Å². The molecule has 0 radical (unpaired) electrons. The first-order valence-corrected chi connectivity index (χ1v) is 7.78. The Bertz CT molecular complexity index is 642. The molecule has 0 N–H and O–H groups in total. The average molecular weight is 306 g/mol. The van der Waals surface area contributed by atoms with E-state index in [9.17, 15) is 4.79 Å². The first-order chi connectivity index (χ1) is 10.2. The number of hydrogen-bond acceptors (Lipinski definition) is 7. The van der Waals surface area contributed by atoms with Gasteiger partial charge in [0.1, 0.15) is 11.8 Å². The number of likely N-dealkylation sites (tertiary alicyclic amines) is 1. The number of aromatic nitrogens is 3. The minimum Gasteiger partial charge on any atom is -0.365 e. The Morgan fingerprint density at radius 1 is 1.48 bits per heavy atom. The van der Waals surface area contributed by atoms with E-state index in [1.165, 1.54) is 11.3 Å². The van der Waals surface area contributed by atoms with Gasteiger partial charge in [-0.2, -0.15) is 4.98 Å². The lowest BCUT2D eigenvalue weighted by molar-refractivity contribution is 0.0304. The zero-order chi connectivity index (χ0) is 14.4. The highest BCUT2D eigenvalue weighted by atomic mass is 32.1. The van der Waals surface area contributed by atoms with Gasteiger partial charge >= 0.3 is 0 Å². The minimum atomic E-state index is -0.117. The molecule has 2 aliphatic heterocycles. The molecule has 7 nitrogen and oxygen atoms in total. The Labute approximate surface area is 124 Å². The molecule has 0 aliphatic carbocycles. The zero-order valence-electron chi connectivity index (χ0n) is 11.4. The van der Waals surface area contributed by atoms with Crippen molar-refractivity contribution < 1.29 is 14.1 Å². The molecule has 110 valence electrons. The standard InChI is InChI=1S/C13H14N4O3S/c1-7-15-12(16-20-7)10-2-8-3-17(4-11(8)19-10)13(18)9-5-21-6-14-9/h5-6,8,10-11H,2-4H2,1H3/t8-,10-,11+/m0/s1. The fourth-order valence-electron chi connectivity index (χ4n) is 3.02. The van der Waals surface area contributed by atoms with Crippen molar-refractivity contribution in [3.63, 3.8) is 0 Å². The Morgan fingerprint density at radius 2 is 2.38 bits per heavy atom. The predicted molar refractivity (Wildman–Crippen MR) is 72.8 cm³/mol. The molecule has 0 bridgehead atoms. The second-order valence-electron chi connectivity index (χ2n) is 5.41. The van der Waals surface area contributed by atoms with Crippen molar-refractivity contribution in [3.05, 3.63) is 28.3 Å². The molecule has 21 heavy (non-hydrogen) atoms. The van der Waals surface area contributed by atoms with Crippen molar-refractivity contribution in [1.82, 2.24) is 20.0 Å². The summed E-state index contributed by atoms with van der Waals surface area (Å²) in [6.45, 7) is 3.07. The highest BCUT2D eigenvalue weighted by Crippen LogP contribution is 2.40. The second kappa shape index (κ2) is 4.88. The number of fused-ring (bicyclic) bond motifs is 1. The molecule has 4 heterocycles. The van der Waals surface area contributed by atoms with E-state index < -0.39 is 0 Å². The normalized spacial score (nSPS) is 28.0. The van der Waals surface area contributed by atoms with Crippen LogP contribution in [0.25, 0.3) is 0 Å². The summed E-state index contributed by atoms with van der Waals surface area (Å²) in [6, 6.07) is 0. The molecular weight excluding hydrogens is 292 g/mol. The number of carbonyl (C=O) groups is 1. The van der Waals surface area contributed by atoms with Gasteiger partial charge in [0.25, 0.3) is 5.91 Å². The molecule has 0 unspecified atom stereocenters. The largest absolute Gasteiger partial charge is 0.365 e.